The second kappa shape index (κ2) is 8.00. The number of aromatic nitrogens is 3. The minimum Gasteiger partial charge on any atom is -0.454 e. The van der Waals surface area contributed by atoms with Gasteiger partial charge >= 0.3 is 0 Å². The van der Waals surface area contributed by atoms with E-state index in [-0.39, 0.29) is 0 Å². The van der Waals surface area contributed by atoms with Crippen LogP contribution in [0.1, 0.15) is 5.56 Å². The van der Waals surface area contributed by atoms with E-state index in [4.69, 9.17) is 14.5 Å². The van der Waals surface area contributed by atoms with Gasteiger partial charge in [-0.1, -0.05) is 6.07 Å². The molecule has 0 radical (unpaired) electrons. The van der Waals surface area contributed by atoms with Gasteiger partial charge in [-0.3, -0.25) is 4.90 Å². The predicted molar refractivity (Wildman–Crippen MR) is 110 cm³/mol. The van der Waals surface area contributed by atoms with Crippen LogP contribution < -0.4 is 19.3 Å². The fourth-order valence-corrected chi connectivity index (χ4v) is 4.01. The maximum atomic E-state index is 5.49. The smallest absolute Gasteiger partial charge is 0.247 e. The van der Waals surface area contributed by atoms with Crippen LogP contribution in [0.5, 0.6) is 11.5 Å². The molecule has 0 amide bonds. The minimum absolute atomic E-state index is 0.320. The Morgan fingerprint density at radius 3 is 2.48 bits per heavy atom. The molecule has 9 heteroatoms. The summed E-state index contributed by atoms with van der Waals surface area (Å²) in [7, 11) is 2.15. The summed E-state index contributed by atoms with van der Waals surface area (Å²) < 4.78 is 10.9. The number of fused-ring (bicyclic) bond motifs is 1. The van der Waals surface area contributed by atoms with E-state index in [2.05, 4.69) is 49.0 Å². The lowest BCUT2D eigenvalue weighted by atomic mass is 10.1. The quantitative estimate of drug-likeness (QED) is 0.740. The number of ether oxygens (including phenoxy) is 2. The Hall–Kier alpha value is -2.65. The summed E-state index contributed by atoms with van der Waals surface area (Å²) in [4.78, 5) is 14.1. The Bertz CT molecular complexity index is 848. The van der Waals surface area contributed by atoms with Crippen LogP contribution in [0.3, 0.4) is 0 Å². The molecular weight excluding hydrogens is 370 g/mol. The van der Waals surface area contributed by atoms with Crippen molar-refractivity contribution < 1.29 is 9.47 Å². The number of hydrogen-bond acceptors (Lipinski definition) is 9. The van der Waals surface area contributed by atoms with Crippen molar-refractivity contribution in [2.45, 2.75) is 6.54 Å². The van der Waals surface area contributed by atoms with Crippen LogP contribution in [0.25, 0.3) is 0 Å². The maximum absolute atomic E-state index is 5.49. The van der Waals surface area contributed by atoms with Crippen LogP contribution >= 0.6 is 0 Å². The minimum atomic E-state index is 0.320. The molecule has 154 valence electrons. The summed E-state index contributed by atoms with van der Waals surface area (Å²) in [6.45, 7) is 9.05. The molecule has 0 N–H and O–H groups in total. The molecule has 4 heterocycles. The summed E-state index contributed by atoms with van der Waals surface area (Å²) in [5, 5.41) is 8.49. The lowest BCUT2D eigenvalue weighted by Gasteiger charge is -2.36. The summed E-state index contributed by atoms with van der Waals surface area (Å²) in [6.07, 6.45) is 1.78. The third-order valence-corrected chi connectivity index (χ3v) is 5.86. The molecule has 0 atom stereocenters. The average molecular weight is 397 g/mol. The molecule has 0 bridgehead atoms. The second-order valence-corrected chi connectivity index (χ2v) is 7.86. The topological polar surface area (TPSA) is 70.1 Å². The third-order valence-electron chi connectivity index (χ3n) is 5.86. The van der Waals surface area contributed by atoms with Gasteiger partial charge in [-0.15, -0.1) is 5.10 Å². The predicted octanol–water partition coefficient (Wildman–Crippen LogP) is 0.674. The number of nitrogens with zero attached hydrogens (tertiary/aromatic N) is 7. The molecule has 2 fully saturated rings. The Labute approximate surface area is 170 Å². The number of likely N-dealkylation sites (N-methyl/N-ethyl adjacent to an activating group) is 1. The zero-order valence-electron chi connectivity index (χ0n) is 16.8. The van der Waals surface area contributed by atoms with Crippen LogP contribution in [0.4, 0.5) is 11.8 Å². The first-order chi connectivity index (χ1) is 14.2. The van der Waals surface area contributed by atoms with Crippen molar-refractivity contribution in [1.82, 2.24) is 25.0 Å². The first-order valence-electron chi connectivity index (χ1n) is 10.2. The highest BCUT2D eigenvalue weighted by Crippen LogP contribution is 2.33. The van der Waals surface area contributed by atoms with Gasteiger partial charge in [0.25, 0.3) is 0 Å². The molecule has 3 aliphatic heterocycles. The maximum Gasteiger partial charge on any atom is 0.247 e. The largest absolute Gasteiger partial charge is 0.454 e. The molecule has 0 aliphatic carbocycles. The number of anilines is 2. The van der Waals surface area contributed by atoms with E-state index in [1.165, 1.54) is 5.56 Å². The van der Waals surface area contributed by atoms with Crippen molar-refractivity contribution in [3.63, 3.8) is 0 Å². The highest BCUT2D eigenvalue weighted by Gasteiger charge is 2.22. The molecule has 0 saturated carbocycles. The molecular formula is C20H27N7O2. The molecule has 0 spiro atoms. The van der Waals surface area contributed by atoms with Crippen LogP contribution in [-0.4, -0.2) is 91.2 Å². The standard InChI is InChI=1S/C20H27N7O2/c1-24-4-8-27(9-5-24)20-22-19(13-21-23-20)26-10-6-25(7-11-26)14-16-2-3-17-18(12-16)29-15-28-17/h2-3,12-13H,4-11,14-15H2,1H3. The Balaban J connectivity index is 1.18. The van der Waals surface area contributed by atoms with Crippen molar-refractivity contribution in [1.29, 1.82) is 0 Å². The lowest BCUT2D eigenvalue weighted by molar-refractivity contribution is 0.174. The van der Waals surface area contributed by atoms with E-state index in [0.29, 0.717) is 6.79 Å². The summed E-state index contributed by atoms with van der Waals surface area (Å²) in [5.74, 6) is 3.37. The van der Waals surface area contributed by atoms with Gasteiger partial charge in [-0.2, -0.15) is 10.1 Å². The Morgan fingerprint density at radius 2 is 1.66 bits per heavy atom. The zero-order chi connectivity index (χ0) is 19.6. The van der Waals surface area contributed by atoms with Gasteiger partial charge in [0.05, 0.1) is 6.20 Å². The van der Waals surface area contributed by atoms with E-state index in [1.54, 1.807) is 6.20 Å². The third kappa shape index (κ3) is 4.06. The van der Waals surface area contributed by atoms with Crippen molar-refractivity contribution in [2.75, 3.05) is 76.0 Å². The Kier molecular flexibility index (Phi) is 5.07. The number of benzene rings is 1. The molecule has 29 heavy (non-hydrogen) atoms. The number of rotatable bonds is 4. The van der Waals surface area contributed by atoms with E-state index < -0.39 is 0 Å². The first kappa shape index (κ1) is 18.4. The van der Waals surface area contributed by atoms with E-state index in [1.807, 2.05) is 6.07 Å². The molecule has 9 nitrogen and oxygen atoms in total. The monoisotopic (exact) mass is 397 g/mol. The normalized spacial score (nSPS) is 20.3. The van der Waals surface area contributed by atoms with E-state index in [9.17, 15) is 0 Å². The van der Waals surface area contributed by atoms with Gasteiger partial charge in [0, 0.05) is 58.9 Å². The molecule has 1 aromatic heterocycles. The van der Waals surface area contributed by atoms with Gasteiger partial charge in [0.2, 0.25) is 12.7 Å². The molecule has 3 aliphatic rings. The molecule has 0 unspecified atom stereocenters. The van der Waals surface area contributed by atoms with Crippen LogP contribution in [-0.2, 0) is 6.54 Å². The van der Waals surface area contributed by atoms with Crippen molar-refractivity contribution in [2.24, 2.45) is 0 Å². The zero-order valence-corrected chi connectivity index (χ0v) is 16.8. The average Bonchev–Trinajstić information content (AvgIpc) is 3.23. The number of piperazine rings is 2. The highest BCUT2D eigenvalue weighted by atomic mass is 16.7. The van der Waals surface area contributed by atoms with Crippen molar-refractivity contribution >= 4 is 11.8 Å². The highest BCUT2D eigenvalue weighted by molar-refractivity contribution is 5.45. The Morgan fingerprint density at radius 1 is 0.897 bits per heavy atom. The lowest BCUT2D eigenvalue weighted by Crippen LogP contribution is -2.47. The fourth-order valence-electron chi connectivity index (χ4n) is 4.01. The van der Waals surface area contributed by atoms with Gasteiger partial charge in [0.1, 0.15) is 0 Å². The first-order valence-corrected chi connectivity index (χ1v) is 10.2. The van der Waals surface area contributed by atoms with Crippen molar-refractivity contribution in [3.05, 3.63) is 30.0 Å². The van der Waals surface area contributed by atoms with Crippen molar-refractivity contribution in [3.8, 4) is 11.5 Å². The van der Waals surface area contributed by atoms with Crippen LogP contribution in [0.2, 0.25) is 0 Å². The summed E-state index contributed by atoms with van der Waals surface area (Å²) in [6, 6.07) is 6.21. The van der Waals surface area contributed by atoms with Gasteiger partial charge in [-0.25, -0.2) is 0 Å². The fraction of sp³-hybridized carbons (Fsp3) is 0.550. The van der Waals surface area contributed by atoms with Crippen LogP contribution in [0, 0.1) is 0 Å². The SMILES string of the molecule is CN1CCN(c2nncc(N3CCN(Cc4ccc5c(c4)OCO5)CC3)n2)CC1. The van der Waals surface area contributed by atoms with Gasteiger partial charge < -0.3 is 24.2 Å². The number of hydrogen-bond donors (Lipinski definition) is 0. The van der Waals surface area contributed by atoms with Gasteiger partial charge in [-0.05, 0) is 24.7 Å². The van der Waals surface area contributed by atoms with E-state index >= 15 is 0 Å². The van der Waals surface area contributed by atoms with E-state index in [0.717, 1.165) is 82.2 Å². The summed E-state index contributed by atoms with van der Waals surface area (Å²) >= 11 is 0. The summed E-state index contributed by atoms with van der Waals surface area (Å²) in [5.41, 5.74) is 1.25. The molecule has 2 aromatic rings. The molecule has 5 rings (SSSR count). The van der Waals surface area contributed by atoms with Gasteiger partial charge in [0.15, 0.2) is 17.3 Å². The van der Waals surface area contributed by atoms with Crippen LogP contribution in [0.15, 0.2) is 24.4 Å². The second-order valence-electron chi connectivity index (χ2n) is 7.86. The molecule has 1 aromatic carbocycles. The molecule has 2 saturated heterocycles.